The molecule has 4 aromatic rings. The fourth-order valence-electron chi connectivity index (χ4n) is 3.79. The molecule has 0 spiro atoms. The Morgan fingerprint density at radius 1 is 1.00 bits per heavy atom. The summed E-state index contributed by atoms with van der Waals surface area (Å²) in [7, 11) is 1.77. The zero-order valence-corrected chi connectivity index (χ0v) is 18.0. The molecule has 0 fully saturated rings. The van der Waals surface area contributed by atoms with Crippen molar-refractivity contribution in [1.82, 2.24) is 25.1 Å². The van der Waals surface area contributed by atoms with E-state index in [1.807, 2.05) is 24.3 Å². The lowest BCUT2D eigenvalue weighted by Crippen LogP contribution is -2.31. The second-order valence-corrected chi connectivity index (χ2v) is 7.89. The topological polar surface area (TPSA) is 84.7 Å². The molecular weight excluding hydrogens is 445 g/mol. The van der Waals surface area contributed by atoms with Crippen molar-refractivity contribution < 1.29 is 18.0 Å². The molecule has 0 saturated heterocycles. The van der Waals surface area contributed by atoms with Gasteiger partial charge in [-0.15, -0.1) is 5.10 Å². The van der Waals surface area contributed by atoms with Crippen LogP contribution in [-0.4, -0.2) is 32.2 Å². The molecule has 10 heteroatoms. The maximum absolute atomic E-state index is 12.7. The molecule has 172 valence electrons. The van der Waals surface area contributed by atoms with Crippen molar-refractivity contribution in [3.05, 3.63) is 77.6 Å². The summed E-state index contributed by atoms with van der Waals surface area (Å²) < 4.78 is 39.8. The van der Waals surface area contributed by atoms with Gasteiger partial charge < -0.3 is 10.6 Å². The predicted molar refractivity (Wildman–Crippen MR) is 120 cm³/mol. The van der Waals surface area contributed by atoms with Crippen LogP contribution in [0.3, 0.4) is 0 Å². The SMILES string of the molecule is Cn1nc(-c2ccc(-c3ccc(C(F)(F)F)nc3)cc2)nc1Nc1ccc2c(c1)CCNC2=O. The van der Waals surface area contributed by atoms with Crippen LogP contribution in [0.15, 0.2) is 60.8 Å². The summed E-state index contributed by atoms with van der Waals surface area (Å²) in [5.41, 5.74) is 3.61. The summed E-state index contributed by atoms with van der Waals surface area (Å²) in [6, 6.07) is 15.1. The van der Waals surface area contributed by atoms with E-state index in [-0.39, 0.29) is 5.91 Å². The predicted octanol–water partition coefficient (Wildman–Crippen LogP) is 4.59. The van der Waals surface area contributed by atoms with Crippen LogP contribution < -0.4 is 10.6 Å². The molecule has 0 saturated carbocycles. The molecule has 3 heterocycles. The average molecular weight is 464 g/mol. The van der Waals surface area contributed by atoms with Gasteiger partial charge in [0.1, 0.15) is 5.69 Å². The number of carbonyl (C=O) groups is 1. The highest BCUT2D eigenvalue weighted by atomic mass is 19.4. The van der Waals surface area contributed by atoms with E-state index in [2.05, 4.69) is 25.7 Å². The summed E-state index contributed by atoms with van der Waals surface area (Å²) in [5, 5.41) is 10.5. The lowest BCUT2D eigenvalue weighted by molar-refractivity contribution is -0.141. The molecule has 0 radical (unpaired) electrons. The van der Waals surface area contributed by atoms with Crippen LogP contribution in [0, 0.1) is 0 Å². The molecule has 0 atom stereocenters. The highest BCUT2D eigenvalue weighted by Crippen LogP contribution is 2.30. The van der Waals surface area contributed by atoms with Gasteiger partial charge in [-0.1, -0.05) is 30.3 Å². The zero-order valence-electron chi connectivity index (χ0n) is 18.0. The third-order valence-corrected chi connectivity index (χ3v) is 5.58. The Bertz CT molecular complexity index is 1360. The van der Waals surface area contributed by atoms with Crippen LogP contribution >= 0.6 is 0 Å². The minimum atomic E-state index is -4.47. The second kappa shape index (κ2) is 8.29. The number of hydrogen-bond acceptors (Lipinski definition) is 5. The molecule has 7 nitrogen and oxygen atoms in total. The molecule has 5 rings (SSSR count). The Hall–Kier alpha value is -4.21. The summed E-state index contributed by atoms with van der Waals surface area (Å²) in [4.78, 5) is 20.0. The first-order valence-electron chi connectivity index (χ1n) is 10.5. The van der Waals surface area contributed by atoms with Crippen LogP contribution in [0.4, 0.5) is 24.8 Å². The number of alkyl halides is 3. The van der Waals surface area contributed by atoms with Crippen LogP contribution in [-0.2, 0) is 19.6 Å². The molecule has 2 N–H and O–H groups in total. The quantitative estimate of drug-likeness (QED) is 0.462. The molecule has 1 amide bonds. The molecule has 1 aliphatic rings. The average Bonchev–Trinajstić information content (AvgIpc) is 3.19. The summed E-state index contributed by atoms with van der Waals surface area (Å²) in [6.07, 6.45) is -2.49. The Morgan fingerprint density at radius 2 is 1.74 bits per heavy atom. The van der Waals surface area contributed by atoms with Gasteiger partial charge in [0.25, 0.3) is 5.91 Å². The van der Waals surface area contributed by atoms with Crippen molar-refractivity contribution in [1.29, 1.82) is 0 Å². The number of amides is 1. The first-order chi connectivity index (χ1) is 16.3. The number of halogens is 3. The normalized spacial score (nSPS) is 13.4. The number of carbonyl (C=O) groups excluding carboxylic acids is 1. The van der Waals surface area contributed by atoms with Gasteiger partial charge in [-0.25, -0.2) is 4.68 Å². The van der Waals surface area contributed by atoms with Crippen LogP contribution in [0.1, 0.15) is 21.6 Å². The van der Waals surface area contributed by atoms with Crippen molar-refractivity contribution in [2.75, 3.05) is 11.9 Å². The standard InChI is InChI=1S/C24H19F3N6O/c1-33-23(30-18-7-8-19-16(12-18)10-11-28-22(19)34)31-21(32-33)15-4-2-14(3-5-15)17-6-9-20(29-13-17)24(25,26)27/h2-9,12-13H,10-11H2,1H3,(H,28,34)(H,30,31,32). The Kier molecular flexibility index (Phi) is 5.27. The number of aryl methyl sites for hydroxylation is 1. The largest absolute Gasteiger partial charge is 0.433 e. The fourth-order valence-corrected chi connectivity index (χ4v) is 3.79. The van der Waals surface area contributed by atoms with Crippen LogP contribution in [0.25, 0.3) is 22.5 Å². The number of aromatic nitrogens is 4. The van der Waals surface area contributed by atoms with E-state index in [0.29, 0.717) is 29.4 Å². The van der Waals surface area contributed by atoms with Gasteiger partial charge in [0, 0.05) is 42.2 Å². The van der Waals surface area contributed by atoms with E-state index >= 15 is 0 Å². The smallest absolute Gasteiger partial charge is 0.352 e. The maximum Gasteiger partial charge on any atom is 0.433 e. The van der Waals surface area contributed by atoms with Gasteiger partial charge in [0.15, 0.2) is 5.82 Å². The monoisotopic (exact) mass is 464 g/mol. The number of nitrogens with zero attached hydrogens (tertiary/aromatic N) is 4. The third kappa shape index (κ3) is 4.21. The number of anilines is 2. The molecule has 1 aliphatic heterocycles. The molecule has 34 heavy (non-hydrogen) atoms. The molecular formula is C24H19F3N6O. The minimum Gasteiger partial charge on any atom is -0.352 e. The van der Waals surface area contributed by atoms with Gasteiger partial charge in [0.2, 0.25) is 5.95 Å². The Morgan fingerprint density at radius 3 is 2.44 bits per heavy atom. The van der Waals surface area contributed by atoms with Crippen molar-refractivity contribution in [3.63, 3.8) is 0 Å². The van der Waals surface area contributed by atoms with Crippen molar-refractivity contribution in [3.8, 4) is 22.5 Å². The van der Waals surface area contributed by atoms with Gasteiger partial charge in [-0.05, 0) is 41.8 Å². The molecule has 2 aromatic heterocycles. The molecule has 2 aromatic carbocycles. The molecule has 0 bridgehead atoms. The fraction of sp³-hybridized carbons (Fsp3) is 0.167. The first-order valence-corrected chi connectivity index (χ1v) is 10.5. The van der Waals surface area contributed by atoms with Gasteiger partial charge in [0.05, 0.1) is 0 Å². The highest BCUT2D eigenvalue weighted by molar-refractivity contribution is 5.97. The zero-order chi connectivity index (χ0) is 23.9. The number of pyridine rings is 1. The van der Waals surface area contributed by atoms with Gasteiger partial charge in [-0.3, -0.25) is 9.78 Å². The molecule has 0 unspecified atom stereocenters. The van der Waals surface area contributed by atoms with Crippen molar-refractivity contribution >= 4 is 17.5 Å². The van der Waals surface area contributed by atoms with Gasteiger partial charge in [-0.2, -0.15) is 18.2 Å². The third-order valence-electron chi connectivity index (χ3n) is 5.58. The van der Waals surface area contributed by atoms with E-state index in [9.17, 15) is 18.0 Å². The summed E-state index contributed by atoms with van der Waals surface area (Å²) >= 11 is 0. The number of benzene rings is 2. The highest BCUT2D eigenvalue weighted by Gasteiger charge is 2.32. The summed E-state index contributed by atoms with van der Waals surface area (Å²) in [5.74, 6) is 0.968. The number of fused-ring (bicyclic) bond motifs is 1. The van der Waals surface area contributed by atoms with Crippen molar-refractivity contribution in [2.24, 2.45) is 7.05 Å². The van der Waals surface area contributed by atoms with Crippen LogP contribution in [0.2, 0.25) is 0 Å². The van der Waals surface area contributed by atoms with E-state index in [1.54, 1.807) is 29.9 Å². The Balaban J connectivity index is 1.34. The van der Waals surface area contributed by atoms with E-state index in [4.69, 9.17) is 0 Å². The van der Waals surface area contributed by atoms with Crippen LogP contribution in [0.5, 0.6) is 0 Å². The number of nitrogens with one attached hydrogen (secondary N) is 2. The maximum atomic E-state index is 12.7. The van der Waals surface area contributed by atoms with Gasteiger partial charge >= 0.3 is 6.18 Å². The lowest BCUT2D eigenvalue weighted by Gasteiger charge is -2.17. The number of rotatable bonds is 4. The minimum absolute atomic E-state index is 0.0655. The van der Waals surface area contributed by atoms with Crippen molar-refractivity contribution in [2.45, 2.75) is 12.6 Å². The lowest BCUT2D eigenvalue weighted by atomic mass is 10.00. The van der Waals surface area contributed by atoms with E-state index < -0.39 is 11.9 Å². The Labute approximate surface area is 192 Å². The summed E-state index contributed by atoms with van der Waals surface area (Å²) in [6.45, 7) is 0.613. The second-order valence-electron chi connectivity index (χ2n) is 7.89. The number of hydrogen-bond donors (Lipinski definition) is 2. The molecule has 0 aliphatic carbocycles. The first kappa shape index (κ1) is 21.6. The van der Waals surface area contributed by atoms with E-state index in [1.165, 1.54) is 12.3 Å². The van der Waals surface area contributed by atoms with E-state index in [0.717, 1.165) is 34.9 Å².